The fourth-order valence-corrected chi connectivity index (χ4v) is 6.94. The molecule has 152 valence electrons. The lowest BCUT2D eigenvalue weighted by Crippen LogP contribution is -2.79. The zero-order valence-electron chi connectivity index (χ0n) is 16.6. The summed E-state index contributed by atoms with van der Waals surface area (Å²) in [5.74, 6) is 0.529. The van der Waals surface area contributed by atoms with Gasteiger partial charge in [0.05, 0.1) is 11.0 Å². The Hall–Kier alpha value is -1.34. The molecule has 6 nitrogen and oxygen atoms in total. The maximum Gasteiger partial charge on any atom is 0.206 e. The molecule has 2 aliphatic heterocycles. The minimum absolute atomic E-state index is 0.0719. The van der Waals surface area contributed by atoms with E-state index in [1.54, 1.807) is 20.3 Å². The summed E-state index contributed by atoms with van der Waals surface area (Å²) in [5, 5.41) is 22.9. The second-order valence-electron chi connectivity index (χ2n) is 9.47. The van der Waals surface area contributed by atoms with Gasteiger partial charge in [-0.05, 0) is 56.2 Å². The third-order valence-electron chi connectivity index (χ3n) is 8.46. The van der Waals surface area contributed by atoms with Crippen molar-refractivity contribution in [2.75, 3.05) is 27.3 Å². The molecule has 0 aromatic heterocycles. The topological polar surface area (TPSA) is 71.4 Å². The van der Waals surface area contributed by atoms with Crippen molar-refractivity contribution in [3.8, 4) is 11.5 Å². The molecule has 2 saturated carbocycles. The number of aromatic hydroxyl groups is 1. The molecule has 1 aromatic carbocycles. The summed E-state index contributed by atoms with van der Waals surface area (Å²) in [6, 6.07) is 3.82. The number of aliphatic hydroxyl groups is 1. The van der Waals surface area contributed by atoms with Gasteiger partial charge in [-0.25, -0.2) is 0 Å². The Morgan fingerprint density at radius 2 is 1.96 bits per heavy atom. The lowest BCUT2D eigenvalue weighted by Gasteiger charge is -2.65. The Bertz CT molecular complexity index is 834. The van der Waals surface area contributed by atoms with E-state index in [4.69, 9.17) is 14.2 Å². The molecular weight excluding hydrogens is 358 g/mol. The Kier molecular flexibility index (Phi) is 3.39. The summed E-state index contributed by atoms with van der Waals surface area (Å²) >= 11 is 0. The molecule has 1 aromatic rings. The normalized spacial score (nSPS) is 40.1. The number of ether oxygens (including phenoxy) is 3. The number of benzene rings is 1. The summed E-state index contributed by atoms with van der Waals surface area (Å²) in [6.45, 7) is 2.01. The molecule has 4 atom stereocenters. The van der Waals surface area contributed by atoms with Crippen molar-refractivity contribution in [2.24, 2.45) is 5.92 Å². The van der Waals surface area contributed by atoms with Crippen molar-refractivity contribution < 1.29 is 24.4 Å². The van der Waals surface area contributed by atoms with E-state index in [0.717, 1.165) is 37.4 Å². The maximum absolute atomic E-state index is 12.3. The second-order valence-corrected chi connectivity index (χ2v) is 9.47. The van der Waals surface area contributed by atoms with Crippen LogP contribution in [0.5, 0.6) is 11.5 Å². The van der Waals surface area contributed by atoms with Gasteiger partial charge in [-0.3, -0.25) is 4.90 Å². The van der Waals surface area contributed by atoms with Crippen molar-refractivity contribution in [3.63, 3.8) is 0 Å². The van der Waals surface area contributed by atoms with Gasteiger partial charge in [0, 0.05) is 38.8 Å². The van der Waals surface area contributed by atoms with Gasteiger partial charge < -0.3 is 24.4 Å². The van der Waals surface area contributed by atoms with E-state index in [0.29, 0.717) is 18.6 Å². The van der Waals surface area contributed by atoms with E-state index in [9.17, 15) is 10.2 Å². The van der Waals surface area contributed by atoms with E-state index < -0.39 is 22.9 Å². The molecule has 0 amide bonds. The highest BCUT2D eigenvalue weighted by Gasteiger charge is 2.76. The van der Waals surface area contributed by atoms with Crippen LogP contribution in [0.1, 0.15) is 43.2 Å². The van der Waals surface area contributed by atoms with E-state index >= 15 is 0 Å². The lowest BCUT2D eigenvalue weighted by atomic mass is 9.48. The number of piperidine rings is 1. The van der Waals surface area contributed by atoms with Crippen LogP contribution in [0.3, 0.4) is 0 Å². The Labute approximate surface area is 165 Å². The summed E-state index contributed by atoms with van der Waals surface area (Å²) in [6.07, 6.45) is 4.91. The van der Waals surface area contributed by atoms with Crippen LogP contribution in [-0.2, 0) is 21.3 Å². The molecular formula is C22H29NO5. The number of hydrogen-bond acceptors (Lipinski definition) is 6. The van der Waals surface area contributed by atoms with Crippen molar-refractivity contribution in [2.45, 2.75) is 67.5 Å². The number of rotatable bonds is 4. The molecule has 1 saturated heterocycles. The minimum Gasteiger partial charge on any atom is -0.504 e. The first kappa shape index (κ1) is 17.5. The number of likely N-dealkylation sites (tertiary alicyclic amines) is 1. The lowest BCUT2D eigenvalue weighted by molar-refractivity contribution is -0.319. The van der Waals surface area contributed by atoms with Crippen LogP contribution in [-0.4, -0.2) is 66.0 Å². The Morgan fingerprint density at radius 3 is 2.68 bits per heavy atom. The van der Waals surface area contributed by atoms with E-state index in [2.05, 4.69) is 4.90 Å². The van der Waals surface area contributed by atoms with Crippen molar-refractivity contribution in [1.29, 1.82) is 0 Å². The van der Waals surface area contributed by atoms with Crippen LogP contribution < -0.4 is 4.74 Å². The summed E-state index contributed by atoms with van der Waals surface area (Å²) in [4.78, 5) is 2.53. The number of phenolic OH excluding ortho intramolecular Hbond substituents is 1. The molecule has 3 aliphatic carbocycles. The van der Waals surface area contributed by atoms with Gasteiger partial charge in [0.1, 0.15) is 0 Å². The molecule has 0 radical (unpaired) electrons. The maximum atomic E-state index is 12.3. The molecule has 2 N–H and O–H groups in total. The zero-order chi connectivity index (χ0) is 19.3. The van der Waals surface area contributed by atoms with E-state index in [1.807, 2.05) is 6.07 Å². The Balaban J connectivity index is 1.57. The largest absolute Gasteiger partial charge is 0.504 e. The van der Waals surface area contributed by atoms with Gasteiger partial charge >= 0.3 is 0 Å². The van der Waals surface area contributed by atoms with Gasteiger partial charge in [0.15, 0.2) is 17.6 Å². The fraction of sp³-hybridized carbons (Fsp3) is 0.727. The summed E-state index contributed by atoms with van der Waals surface area (Å²) < 4.78 is 18.2. The number of nitrogens with zero attached hydrogens (tertiary/aromatic N) is 1. The van der Waals surface area contributed by atoms with Crippen LogP contribution in [0, 0.1) is 5.92 Å². The number of methoxy groups -OCH3 is 2. The third kappa shape index (κ3) is 1.84. The van der Waals surface area contributed by atoms with Crippen LogP contribution in [0.25, 0.3) is 0 Å². The highest BCUT2D eigenvalue weighted by Crippen LogP contribution is 2.67. The molecule has 2 bridgehead atoms. The monoisotopic (exact) mass is 387 g/mol. The average molecular weight is 387 g/mol. The molecule has 0 unspecified atom stereocenters. The molecule has 6 rings (SSSR count). The molecule has 2 heterocycles. The first-order valence-electron chi connectivity index (χ1n) is 10.6. The quantitative estimate of drug-likeness (QED) is 0.770. The third-order valence-corrected chi connectivity index (χ3v) is 8.46. The molecule has 3 fully saturated rings. The van der Waals surface area contributed by atoms with E-state index in [-0.39, 0.29) is 11.8 Å². The van der Waals surface area contributed by atoms with Crippen LogP contribution in [0.4, 0.5) is 0 Å². The van der Waals surface area contributed by atoms with Gasteiger partial charge in [-0.15, -0.1) is 0 Å². The number of phenols is 1. The smallest absolute Gasteiger partial charge is 0.206 e. The first-order chi connectivity index (χ1) is 13.5. The van der Waals surface area contributed by atoms with Crippen molar-refractivity contribution >= 4 is 0 Å². The average Bonchev–Trinajstić information content (AvgIpc) is 3.43. The summed E-state index contributed by atoms with van der Waals surface area (Å²) in [7, 11) is 3.31. The van der Waals surface area contributed by atoms with Crippen molar-refractivity contribution in [1.82, 2.24) is 4.90 Å². The van der Waals surface area contributed by atoms with Crippen LogP contribution in [0.15, 0.2) is 12.1 Å². The van der Waals surface area contributed by atoms with E-state index in [1.165, 1.54) is 18.4 Å². The first-order valence-corrected chi connectivity index (χ1v) is 10.6. The van der Waals surface area contributed by atoms with Gasteiger partial charge in [0.25, 0.3) is 0 Å². The molecule has 1 spiro atoms. The standard InChI is InChI=1S/C22H29NO5/c1-26-22(27-2)8-7-21(25)16-11-14-5-6-15(24)18-17(14)20(21,19(22)28-18)9-10-23(16)12-13-3-4-13/h5-6,13,16,19,24-25H,3-4,7-12H2,1-2H3/t16-,19-,20+,21-/m1/s1. The zero-order valence-corrected chi connectivity index (χ0v) is 16.6. The highest BCUT2D eigenvalue weighted by molar-refractivity contribution is 5.62. The minimum atomic E-state index is -0.921. The van der Waals surface area contributed by atoms with Crippen LogP contribution >= 0.6 is 0 Å². The van der Waals surface area contributed by atoms with Crippen LogP contribution in [0.2, 0.25) is 0 Å². The van der Waals surface area contributed by atoms with Gasteiger partial charge in [-0.1, -0.05) is 6.07 Å². The molecule has 5 aliphatic rings. The number of hydrogen-bond donors (Lipinski definition) is 2. The predicted octanol–water partition coefficient (Wildman–Crippen LogP) is 1.95. The highest BCUT2D eigenvalue weighted by atomic mass is 16.7. The second kappa shape index (κ2) is 5.42. The van der Waals surface area contributed by atoms with Gasteiger partial charge in [-0.2, -0.15) is 0 Å². The Morgan fingerprint density at radius 1 is 1.18 bits per heavy atom. The van der Waals surface area contributed by atoms with Gasteiger partial charge in [0.2, 0.25) is 5.79 Å². The SMILES string of the molecule is COC1(OC)CC[C@@]2(O)[C@H]3Cc4ccc(O)c5c4[C@@]2(CCN3CC2CC2)[C@H]1O5. The molecule has 6 heteroatoms. The fourth-order valence-electron chi connectivity index (χ4n) is 6.94. The predicted molar refractivity (Wildman–Crippen MR) is 102 cm³/mol. The van der Waals surface area contributed by atoms with Crippen molar-refractivity contribution in [3.05, 3.63) is 23.3 Å². The summed E-state index contributed by atoms with van der Waals surface area (Å²) in [5.41, 5.74) is 0.676. The molecule has 28 heavy (non-hydrogen) atoms.